The zero-order valence-electron chi connectivity index (χ0n) is 8.64. The Hall–Kier alpha value is -0.0400. The van der Waals surface area contributed by atoms with Gasteiger partial charge in [0.2, 0.25) is 0 Å². The zero-order valence-corrected chi connectivity index (χ0v) is 8.64. The first-order chi connectivity index (χ1) is 5.65. The molecule has 2 rings (SSSR count). The second-order valence-electron chi connectivity index (χ2n) is 5.06. The van der Waals surface area contributed by atoms with Crippen molar-refractivity contribution < 1.29 is 0 Å². The lowest BCUT2D eigenvalue weighted by Crippen LogP contribution is -2.53. The van der Waals surface area contributed by atoms with Crippen LogP contribution in [0, 0.1) is 11.3 Å². The Bertz CT molecular complexity index is 166. The highest BCUT2D eigenvalue weighted by Gasteiger charge is 2.47. The van der Waals surface area contributed by atoms with E-state index >= 15 is 0 Å². The molecule has 1 heterocycles. The molecule has 2 fully saturated rings. The van der Waals surface area contributed by atoms with Gasteiger partial charge >= 0.3 is 0 Å². The highest BCUT2D eigenvalue weighted by molar-refractivity contribution is 5.00. The molecule has 0 aromatic rings. The van der Waals surface area contributed by atoms with Crippen molar-refractivity contribution in [3.05, 3.63) is 0 Å². The minimum absolute atomic E-state index is 0.693. The minimum atomic E-state index is 0.693. The van der Waals surface area contributed by atoms with Crippen LogP contribution in [0.25, 0.3) is 0 Å². The Morgan fingerprint density at radius 1 is 1.42 bits per heavy atom. The Morgan fingerprint density at radius 3 is 2.42 bits per heavy atom. The van der Waals surface area contributed by atoms with Crippen LogP contribution in [-0.4, -0.2) is 24.0 Å². The van der Waals surface area contributed by atoms with Crippen LogP contribution in [0.5, 0.6) is 0 Å². The van der Waals surface area contributed by atoms with Gasteiger partial charge in [-0.3, -0.25) is 4.90 Å². The lowest BCUT2D eigenvalue weighted by Gasteiger charge is -2.45. The first kappa shape index (κ1) is 8.55. The molecule has 1 atom stereocenters. The average Bonchev–Trinajstić information content (AvgIpc) is 2.67. The molecule has 1 nitrogen and oxygen atoms in total. The maximum Gasteiger partial charge on any atom is 0.0121 e. The van der Waals surface area contributed by atoms with Crippen molar-refractivity contribution in [2.45, 2.75) is 46.1 Å². The van der Waals surface area contributed by atoms with Crippen molar-refractivity contribution in [3.63, 3.8) is 0 Å². The summed E-state index contributed by atoms with van der Waals surface area (Å²) < 4.78 is 0. The summed E-state index contributed by atoms with van der Waals surface area (Å²) in [6, 6.07) is 0.847. The Labute approximate surface area is 76.1 Å². The fraction of sp³-hybridized carbons (Fsp3) is 1.00. The van der Waals surface area contributed by atoms with Gasteiger partial charge in [0.15, 0.2) is 0 Å². The van der Waals surface area contributed by atoms with E-state index in [4.69, 9.17) is 0 Å². The van der Waals surface area contributed by atoms with E-state index in [0.717, 1.165) is 12.0 Å². The van der Waals surface area contributed by atoms with Gasteiger partial charge in [0.25, 0.3) is 0 Å². The highest BCUT2D eigenvalue weighted by atomic mass is 15.2. The van der Waals surface area contributed by atoms with Crippen LogP contribution >= 0.6 is 0 Å². The molecule has 0 radical (unpaired) electrons. The monoisotopic (exact) mass is 167 g/mol. The van der Waals surface area contributed by atoms with Crippen molar-refractivity contribution in [2.24, 2.45) is 11.3 Å². The van der Waals surface area contributed by atoms with Crippen molar-refractivity contribution in [1.29, 1.82) is 0 Å². The van der Waals surface area contributed by atoms with Crippen LogP contribution in [0.3, 0.4) is 0 Å². The third-order valence-corrected chi connectivity index (χ3v) is 4.16. The van der Waals surface area contributed by atoms with Gasteiger partial charge in [0.1, 0.15) is 0 Å². The van der Waals surface area contributed by atoms with E-state index in [1.54, 1.807) is 0 Å². The van der Waals surface area contributed by atoms with E-state index in [1.165, 1.54) is 32.4 Å². The Kier molecular flexibility index (Phi) is 1.95. The van der Waals surface area contributed by atoms with E-state index in [2.05, 4.69) is 25.7 Å². The van der Waals surface area contributed by atoms with E-state index in [1.807, 2.05) is 0 Å². The molecule has 0 N–H and O–H groups in total. The minimum Gasteiger partial charge on any atom is -0.299 e. The first-order valence-corrected chi connectivity index (χ1v) is 5.40. The van der Waals surface area contributed by atoms with E-state index in [0.29, 0.717) is 5.41 Å². The lowest BCUT2D eigenvalue weighted by atomic mass is 9.90. The third-order valence-electron chi connectivity index (χ3n) is 4.16. The number of hydrogen-bond acceptors (Lipinski definition) is 1. The molecule has 1 saturated carbocycles. The van der Waals surface area contributed by atoms with Gasteiger partial charge in [-0.15, -0.1) is 0 Å². The average molecular weight is 167 g/mol. The summed E-state index contributed by atoms with van der Waals surface area (Å²) in [5.41, 5.74) is 0.693. The summed E-state index contributed by atoms with van der Waals surface area (Å²) in [5, 5.41) is 0. The maximum absolute atomic E-state index is 2.67. The van der Waals surface area contributed by atoms with Crippen LogP contribution in [0.1, 0.15) is 40.0 Å². The molecule has 0 aromatic heterocycles. The molecular formula is C11H21N. The second kappa shape index (κ2) is 2.73. The van der Waals surface area contributed by atoms with Gasteiger partial charge < -0.3 is 0 Å². The van der Waals surface area contributed by atoms with Gasteiger partial charge in [-0.05, 0) is 31.1 Å². The molecule has 12 heavy (non-hydrogen) atoms. The smallest absolute Gasteiger partial charge is 0.0121 e. The summed E-state index contributed by atoms with van der Waals surface area (Å²) in [5.74, 6) is 1.01. The van der Waals surface area contributed by atoms with Crippen LogP contribution in [-0.2, 0) is 0 Å². The van der Waals surface area contributed by atoms with Gasteiger partial charge in [-0.25, -0.2) is 0 Å². The fourth-order valence-corrected chi connectivity index (χ4v) is 2.24. The summed E-state index contributed by atoms with van der Waals surface area (Å²) >= 11 is 0. The zero-order chi connectivity index (χ0) is 8.77. The molecule has 1 heteroatoms. The molecule has 2 aliphatic rings. The van der Waals surface area contributed by atoms with Crippen molar-refractivity contribution in [1.82, 2.24) is 4.90 Å². The molecule has 1 saturated heterocycles. The molecule has 1 unspecified atom stereocenters. The molecule has 70 valence electrons. The summed E-state index contributed by atoms with van der Waals surface area (Å²) in [4.78, 5) is 2.67. The Morgan fingerprint density at radius 2 is 2.00 bits per heavy atom. The number of nitrogens with zero attached hydrogens (tertiary/aromatic N) is 1. The predicted molar refractivity (Wildman–Crippen MR) is 52.2 cm³/mol. The van der Waals surface area contributed by atoms with Gasteiger partial charge in [-0.2, -0.15) is 0 Å². The topological polar surface area (TPSA) is 3.24 Å². The number of hydrogen-bond donors (Lipinski definition) is 0. The van der Waals surface area contributed by atoms with Gasteiger partial charge in [0, 0.05) is 19.1 Å². The van der Waals surface area contributed by atoms with Crippen LogP contribution < -0.4 is 0 Å². The van der Waals surface area contributed by atoms with Crippen LogP contribution in [0.4, 0.5) is 0 Å². The second-order valence-corrected chi connectivity index (χ2v) is 5.06. The van der Waals surface area contributed by atoms with Crippen molar-refractivity contribution in [2.75, 3.05) is 13.1 Å². The summed E-state index contributed by atoms with van der Waals surface area (Å²) in [7, 11) is 0. The SMILES string of the molecule is CCC1CN(C(C)C2(C)CC2)C1. The maximum atomic E-state index is 2.67. The summed E-state index contributed by atoms with van der Waals surface area (Å²) in [6.45, 7) is 9.90. The quantitative estimate of drug-likeness (QED) is 0.624. The molecule has 0 amide bonds. The van der Waals surface area contributed by atoms with Crippen LogP contribution in [0.2, 0.25) is 0 Å². The molecule has 1 aliphatic carbocycles. The lowest BCUT2D eigenvalue weighted by molar-refractivity contribution is 0.0285. The van der Waals surface area contributed by atoms with Crippen molar-refractivity contribution >= 4 is 0 Å². The highest BCUT2D eigenvalue weighted by Crippen LogP contribution is 2.50. The van der Waals surface area contributed by atoms with Gasteiger partial charge in [0.05, 0.1) is 0 Å². The van der Waals surface area contributed by atoms with E-state index in [-0.39, 0.29) is 0 Å². The number of likely N-dealkylation sites (tertiary alicyclic amines) is 1. The fourth-order valence-electron chi connectivity index (χ4n) is 2.24. The first-order valence-electron chi connectivity index (χ1n) is 5.40. The number of rotatable bonds is 3. The normalized spacial score (nSPS) is 31.2. The molecule has 1 aliphatic heterocycles. The van der Waals surface area contributed by atoms with E-state index in [9.17, 15) is 0 Å². The Balaban J connectivity index is 1.80. The van der Waals surface area contributed by atoms with Gasteiger partial charge in [-0.1, -0.05) is 20.3 Å². The molecule has 0 aromatic carbocycles. The predicted octanol–water partition coefficient (Wildman–Crippen LogP) is 2.52. The van der Waals surface area contributed by atoms with Crippen LogP contribution in [0.15, 0.2) is 0 Å². The van der Waals surface area contributed by atoms with E-state index < -0.39 is 0 Å². The van der Waals surface area contributed by atoms with Crippen molar-refractivity contribution in [3.8, 4) is 0 Å². The molecule has 0 bridgehead atoms. The molecular weight excluding hydrogens is 146 g/mol. The largest absolute Gasteiger partial charge is 0.299 e. The molecule has 0 spiro atoms. The standard InChI is InChI=1S/C11H21N/c1-4-10-7-12(8-10)9(2)11(3)5-6-11/h9-10H,4-8H2,1-3H3. The summed E-state index contributed by atoms with van der Waals surface area (Å²) in [6.07, 6.45) is 4.29. The third kappa shape index (κ3) is 1.28.